The highest BCUT2D eigenvalue weighted by Gasteiger charge is 2.21. The number of rotatable bonds is 10. The van der Waals surface area contributed by atoms with Crippen LogP contribution in [0.25, 0.3) is 0 Å². The van der Waals surface area contributed by atoms with Crippen molar-refractivity contribution in [1.29, 1.82) is 0 Å². The highest BCUT2D eigenvalue weighted by molar-refractivity contribution is 7.99. The Morgan fingerprint density at radius 2 is 1.68 bits per heavy atom. The number of morpholine rings is 1. The van der Waals surface area contributed by atoms with Gasteiger partial charge in [-0.15, -0.1) is 0 Å². The molecule has 0 aliphatic carbocycles. The summed E-state index contributed by atoms with van der Waals surface area (Å²) in [5.74, 6) is 2.52. The summed E-state index contributed by atoms with van der Waals surface area (Å²) in [5.41, 5.74) is 1.99. The fourth-order valence-electron chi connectivity index (χ4n) is 4.67. The van der Waals surface area contributed by atoms with Crippen LogP contribution in [0, 0.1) is 6.92 Å². The maximum absolute atomic E-state index is 11.4. The number of carbonyl (C=O) groups excluding carboxylic acids is 1. The average molecular weight is 537 g/mol. The van der Waals surface area contributed by atoms with Crippen LogP contribution >= 0.6 is 11.8 Å². The van der Waals surface area contributed by atoms with E-state index in [-0.39, 0.29) is 5.78 Å². The van der Waals surface area contributed by atoms with Gasteiger partial charge in [0.05, 0.1) is 13.2 Å². The number of H-pyrrole nitrogens is 1. The second-order valence-electron chi connectivity index (χ2n) is 9.86. The number of nitrogens with one attached hydrogen (secondary N) is 2. The summed E-state index contributed by atoms with van der Waals surface area (Å²) >= 11 is 1.52. The van der Waals surface area contributed by atoms with E-state index in [9.17, 15) is 4.79 Å². The smallest absolute Gasteiger partial charge is 0.196 e. The first kappa shape index (κ1) is 26.6. The Labute approximate surface area is 228 Å². The molecule has 2 saturated heterocycles. The third kappa shape index (κ3) is 7.53. The van der Waals surface area contributed by atoms with Crippen molar-refractivity contribution in [3.8, 4) is 0 Å². The minimum Gasteiger partial charge on any atom is -0.379 e. The van der Waals surface area contributed by atoms with Gasteiger partial charge in [0.1, 0.15) is 17.4 Å². The van der Waals surface area contributed by atoms with Crippen LogP contribution in [0.3, 0.4) is 0 Å². The third-order valence-corrected chi connectivity index (χ3v) is 7.65. The largest absolute Gasteiger partial charge is 0.379 e. The topological polar surface area (TPSA) is 103 Å². The van der Waals surface area contributed by atoms with Crippen LogP contribution in [0.15, 0.2) is 46.5 Å². The van der Waals surface area contributed by atoms with Crippen molar-refractivity contribution in [1.82, 2.24) is 30.0 Å². The molecule has 0 atom stereocenters. The number of carbonyl (C=O) groups is 1. The fourth-order valence-corrected chi connectivity index (χ4v) is 5.44. The molecule has 38 heavy (non-hydrogen) atoms. The molecular weight excluding hydrogens is 500 g/mol. The van der Waals surface area contributed by atoms with E-state index in [1.807, 2.05) is 43.3 Å². The highest BCUT2D eigenvalue weighted by atomic mass is 32.2. The van der Waals surface area contributed by atoms with Crippen LogP contribution in [-0.4, -0.2) is 101 Å². The van der Waals surface area contributed by atoms with Crippen molar-refractivity contribution < 1.29 is 9.53 Å². The van der Waals surface area contributed by atoms with E-state index in [1.54, 1.807) is 6.92 Å². The fraction of sp³-hybridized carbons (Fsp3) is 0.481. The first-order valence-corrected chi connectivity index (χ1v) is 14.0. The molecule has 5 rings (SSSR count). The lowest BCUT2D eigenvalue weighted by atomic mass is 10.1. The quantitative estimate of drug-likeness (QED) is 0.376. The van der Waals surface area contributed by atoms with Crippen molar-refractivity contribution in [3.05, 3.63) is 47.7 Å². The zero-order chi connectivity index (χ0) is 26.3. The number of ketones is 1. The molecule has 0 amide bonds. The normalized spacial score (nSPS) is 17.1. The van der Waals surface area contributed by atoms with E-state index in [0.717, 1.165) is 93.4 Å². The van der Waals surface area contributed by atoms with Gasteiger partial charge < -0.3 is 15.0 Å². The van der Waals surface area contributed by atoms with Gasteiger partial charge in [-0.2, -0.15) is 5.10 Å². The summed E-state index contributed by atoms with van der Waals surface area (Å²) in [6, 6.07) is 12.0. The van der Waals surface area contributed by atoms with E-state index in [1.165, 1.54) is 11.8 Å². The standard InChI is InChI=1S/C27H36N8O2S/c1-20-17-25(32-31-20)28-24-19-26(30-27(29-24)38-23-5-3-22(4-6-23)18-21(2)36)35-11-9-33(10-12-35)7-8-34-13-15-37-16-14-34/h3-6,17,19H,7-16,18H2,1-2H3,(H2,28,29,30,31,32). The molecule has 0 spiro atoms. The zero-order valence-electron chi connectivity index (χ0n) is 22.2. The van der Waals surface area contributed by atoms with Crippen LogP contribution < -0.4 is 10.2 Å². The van der Waals surface area contributed by atoms with Gasteiger partial charge in [0.2, 0.25) is 0 Å². The van der Waals surface area contributed by atoms with Crippen LogP contribution in [-0.2, 0) is 16.0 Å². The molecular formula is C27H36N8O2S. The Bertz CT molecular complexity index is 1200. The van der Waals surface area contributed by atoms with Crippen LogP contribution in [0.5, 0.6) is 0 Å². The zero-order valence-corrected chi connectivity index (χ0v) is 23.0. The minimum atomic E-state index is 0.159. The number of piperazine rings is 1. The number of anilines is 3. The number of aromatic amines is 1. The molecule has 202 valence electrons. The maximum atomic E-state index is 11.4. The van der Waals surface area contributed by atoms with Crippen molar-refractivity contribution in [2.45, 2.75) is 30.3 Å². The van der Waals surface area contributed by atoms with Crippen LogP contribution in [0.4, 0.5) is 17.5 Å². The van der Waals surface area contributed by atoms with E-state index in [0.29, 0.717) is 17.4 Å². The maximum Gasteiger partial charge on any atom is 0.196 e. The SMILES string of the molecule is CC(=O)Cc1ccc(Sc2nc(Nc3cc(C)[nH]n3)cc(N3CCN(CCN4CCOCC4)CC3)n2)cc1. The number of benzene rings is 1. The molecule has 1 aromatic carbocycles. The molecule has 0 bridgehead atoms. The molecule has 2 N–H and O–H groups in total. The lowest BCUT2D eigenvalue weighted by molar-refractivity contribution is -0.116. The molecule has 2 fully saturated rings. The predicted molar refractivity (Wildman–Crippen MR) is 150 cm³/mol. The van der Waals surface area contributed by atoms with Crippen molar-refractivity contribution in [2.24, 2.45) is 0 Å². The number of aryl methyl sites for hydroxylation is 1. The van der Waals surface area contributed by atoms with Crippen molar-refractivity contribution in [3.63, 3.8) is 0 Å². The summed E-state index contributed by atoms with van der Waals surface area (Å²) in [7, 11) is 0. The van der Waals surface area contributed by atoms with E-state index in [2.05, 4.69) is 30.2 Å². The molecule has 4 heterocycles. The molecule has 3 aromatic rings. The van der Waals surface area contributed by atoms with Gasteiger partial charge in [-0.1, -0.05) is 12.1 Å². The molecule has 11 heteroatoms. The summed E-state index contributed by atoms with van der Waals surface area (Å²) in [6.07, 6.45) is 0.451. The average Bonchev–Trinajstić information content (AvgIpc) is 3.33. The lowest BCUT2D eigenvalue weighted by Gasteiger charge is -2.37. The van der Waals surface area contributed by atoms with Gasteiger partial charge in [0.15, 0.2) is 11.0 Å². The Balaban J connectivity index is 1.26. The number of hydrogen-bond donors (Lipinski definition) is 2. The number of aromatic nitrogens is 4. The summed E-state index contributed by atoms with van der Waals surface area (Å²) in [5, 5.41) is 11.3. The summed E-state index contributed by atoms with van der Waals surface area (Å²) < 4.78 is 5.47. The van der Waals surface area contributed by atoms with Gasteiger partial charge in [0.25, 0.3) is 0 Å². The Hall–Kier alpha value is -2.99. The number of ether oxygens (including phenoxy) is 1. The van der Waals surface area contributed by atoms with Crippen molar-refractivity contribution >= 4 is 35.0 Å². The van der Waals surface area contributed by atoms with E-state index >= 15 is 0 Å². The Morgan fingerprint density at radius 3 is 2.34 bits per heavy atom. The second-order valence-corrected chi connectivity index (χ2v) is 10.9. The predicted octanol–water partition coefficient (Wildman–Crippen LogP) is 2.99. The number of hydrogen-bond acceptors (Lipinski definition) is 10. The number of Topliss-reactive ketones (excluding diaryl/α,β-unsaturated/α-hetero) is 1. The molecule has 0 radical (unpaired) electrons. The first-order chi connectivity index (χ1) is 18.5. The summed E-state index contributed by atoms with van der Waals surface area (Å²) in [4.78, 5) is 29.5. The number of nitrogens with zero attached hydrogens (tertiary/aromatic N) is 6. The highest BCUT2D eigenvalue weighted by Crippen LogP contribution is 2.29. The van der Waals surface area contributed by atoms with Gasteiger partial charge >= 0.3 is 0 Å². The van der Waals surface area contributed by atoms with Gasteiger partial charge in [-0.05, 0) is 43.3 Å². The molecule has 2 aliphatic rings. The van der Waals surface area contributed by atoms with Crippen molar-refractivity contribution in [2.75, 3.05) is 75.8 Å². The lowest BCUT2D eigenvalue weighted by Crippen LogP contribution is -2.49. The van der Waals surface area contributed by atoms with E-state index in [4.69, 9.17) is 14.7 Å². The molecule has 0 unspecified atom stereocenters. The Morgan fingerprint density at radius 1 is 0.974 bits per heavy atom. The molecule has 10 nitrogen and oxygen atoms in total. The summed E-state index contributed by atoms with van der Waals surface area (Å²) in [6.45, 7) is 13.4. The van der Waals surface area contributed by atoms with Gasteiger partial charge in [-0.3, -0.25) is 19.7 Å². The van der Waals surface area contributed by atoms with Gasteiger partial charge in [0, 0.05) is 81.5 Å². The minimum absolute atomic E-state index is 0.159. The monoisotopic (exact) mass is 536 g/mol. The molecule has 2 aliphatic heterocycles. The molecule has 0 saturated carbocycles. The van der Waals surface area contributed by atoms with Crippen LogP contribution in [0.1, 0.15) is 18.2 Å². The van der Waals surface area contributed by atoms with Crippen LogP contribution in [0.2, 0.25) is 0 Å². The third-order valence-electron chi connectivity index (χ3n) is 6.77. The first-order valence-electron chi connectivity index (χ1n) is 13.2. The Kier molecular flexibility index (Phi) is 8.90. The molecule has 2 aromatic heterocycles. The van der Waals surface area contributed by atoms with E-state index < -0.39 is 0 Å². The van der Waals surface area contributed by atoms with Gasteiger partial charge in [-0.25, -0.2) is 9.97 Å². The second kappa shape index (κ2) is 12.7.